The molecule has 1 aliphatic rings. The number of fused-ring (bicyclic) bond motifs is 2. The van der Waals surface area contributed by atoms with Crippen LogP contribution in [0.15, 0.2) is 48.5 Å². The van der Waals surface area contributed by atoms with Gasteiger partial charge in [-0.15, -0.1) is 0 Å². The lowest BCUT2D eigenvalue weighted by molar-refractivity contribution is -0.124. The first-order valence-electron chi connectivity index (χ1n) is 12.6. The average molecular weight is 524 g/mol. The second kappa shape index (κ2) is 12.8. The maximum Gasteiger partial charge on any atom is 0.274 e. The predicted octanol–water partition coefficient (Wildman–Crippen LogP) is 4.71. The molecule has 0 radical (unpaired) electrons. The summed E-state index contributed by atoms with van der Waals surface area (Å²) in [4.78, 5) is 39.9. The first-order valence-corrected chi connectivity index (χ1v) is 14.1. The molecule has 7 nitrogen and oxygen atoms in total. The Labute approximate surface area is 219 Å². The van der Waals surface area contributed by atoms with Crippen molar-refractivity contribution in [3.05, 3.63) is 65.2 Å². The van der Waals surface area contributed by atoms with Crippen LogP contribution in [-0.4, -0.2) is 35.7 Å². The zero-order chi connectivity index (χ0) is 27.0. The highest BCUT2D eigenvalue weighted by molar-refractivity contribution is 7.87. The van der Waals surface area contributed by atoms with E-state index in [2.05, 4.69) is 11.8 Å². The summed E-state index contributed by atoms with van der Waals surface area (Å²) in [6, 6.07) is 14.9. The van der Waals surface area contributed by atoms with E-state index in [0.29, 0.717) is 30.1 Å². The molecule has 1 amide bonds. The van der Waals surface area contributed by atoms with Gasteiger partial charge in [0.15, 0.2) is 5.78 Å². The SMILES string of the molecule is CC(C)CCCC(=O)C(CCC(=O)CCC(=O)N1Cc2ccccc2C#Cc2ccccc21)S(=O)(=O)O. The number of hydrogen-bond donors (Lipinski definition) is 1. The fourth-order valence-electron chi connectivity index (χ4n) is 4.33. The van der Waals surface area contributed by atoms with Gasteiger partial charge in [0, 0.05) is 36.8 Å². The molecule has 37 heavy (non-hydrogen) atoms. The van der Waals surface area contributed by atoms with Gasteiger partial charge in [-0.25, -0.2) is 0 Å². The van der Waals surface area contributed by atoms with Gasteiger partial charge in [-0.05, 0) is 42.5 Å². The highest BCUT2D eigenvalue weighted by Gasteiger charge is 2.31. The highest BCUT2D eigenvalue weighted by atomic mass is 32.2. The number of benzene rings is 2. The zero-order valence-corrected chi connectivity index (χ0v) is 22.1. The molecular formula is C29H33NO6S. The summed E-state index contributed by atoms with van der Waals surface area (Å²) >= 11 is 0. The van der Waals surface area contributed by atoms with Crippen LogP contribution in [-0.2, 0) is 31.0 Å². The van der Waals surface area contributed by atoms with Crippen molar-refractivity contribution in [2.45, 2.75) is 70.6 Å². The van der Waals surface area contributed by atoms with Crippen LogP contribution >= 0.6 is 0 Å². The molecule has 0 spiro atoms. The maximum absolute atomic E-state index is 13.3. The monoisotopic (exact) mass is 523 g/mol. The van der Waals surface area contributed by atoms with E-state index < -0.39 is 21.2 Å². The second-order valence-corrected chi connectivity index (χ2v) is 11.3. The number of anilines is 1. The lowest BCUT2D eigenvalue weighted by atomic mass is 10.0. The Morgan fingerprint density at radius 1 is 0.892 bits per heavy atom. The average Bonchev–Trinajstić information content (AvgIpc) is 2.83. The van der Waals surface area contributed by atoms with Gasteiger partial charge in [0.05, 0.1) is 12.2 Å². The molecule has 3 rings (SSSR count). The molecule has 1 N–H and O–H groups in total. The third-order valence-corrected chi connectivity index (χ3v) is 7.62. The van der Waals surface area contributed by atoms with E-state index in [1.165, 1.54) is 0 Å². The minimum atomic E-state index is -4.62. The molecule has 0 fully saturated rings. The van der Waals surface area contributed by atoms with Gasteiger partial charge in [0.1, 0.15) is 11.0 Å². The van der Waals surface area contributed by atoms with Gasteiger partial charge in [-0.2, -0.15) is 8.42 Å². The summed E-state index contributed by atoms with van der Waals surface area (Å²) in [5.74, 6) is 5.49. The second-order valence-electron chi connectivity index (χ2n) is 9.74. The van der Waals surface area contributed by atoms with E-state index >= 15 is 0 Å². The van der Waals surface area contributed by atoms with E-state index in [4.69, 9.17) is 0 Å². The molecule has 2 aromatic rings. The summed E-state index contributed by atoms with van der Waals surface area (Å²) in [5.41, 5.74) is 3.11. The number of rotatable bonds is 12. The van der Waals surface area contributed by atoms with Crippen molar-refractivity contribution in [3.8, 4) is 11.8 Å². The van der Waals surface area contributed by atoms with Gasteiger partial charge in [0.2, 0.25) is 5.91 Å². The van der Waals surface area contributed by atoms with E-state index in [1.807, 2.05) is 62.4 Å². The lowest BCUT2D eigenvalue weighted by Crippen LogP contribution is -2.32. The number of Topliss-reactive ketones (excluding diaryl/α,β-unsaturated/α-hetero) is 2. The maximum atomic E-state index is 13.3. The number of ketones is 2. The Morgan fingerprint density at radius 3 is 2.24 bits per heavy atom. The number of para-hydroxylation sites is 1. The van der Waals surface area contributed by atoms with Crippen LogP contribution < -0.4 is 4.90 Å². The molecule has 1 unspecified atom stereocenters. The number of hydrogen-bond acceptors (Lipinski definition) is 5. The molecule has 1 heterocycles. The molecule has 0 bridgehead atoms. The zero-order valence-electron chi connectivity index (χ0n) is 21.3. The third-order valence-electron chi connectivity index (χ3n) is 6.40. The molecule has 196 valence electrons. The molecule has 0 aliphatic carbocycles. The fraction of sp³-hybridized carbons (Fsp3) is 0.414. The van der Waals surface area contributed by atoms with E-state index in [-0.39, 0.29) is 43.8 Å². The van der Waals surface area contributed by atoms with E-state index in [0.717, 1.165) is 17.5 Å². The number of amides is 1. The topological polar surface area (TPSA) is 109 Å². The van der Waals surface area contributed by atoms with Gasteiger partial charge in [0.25, 0.3) is 10.1 Å². The molecule has 1 aliphatic heterocycles. The molecule has 8 heteroatoms. The van der Waals surface area contributed by atoms with Crippen molar-refractivity contribution in [3.63, 3.8) is 0 Å². The normalized spacial score (nSPS) is 13.5. The third kappa shape index (κ3) is 8.11. The quantitative estimate of drug-likeness (QED) is 0.319. The van der Waals surface area contributed by atoms with Crippen molar-refractivity contribution in [1.29, 1.82) is 0 Å². The van der Waals surface area contributed by atoms with Crippen molar-refractivity contribution >= 4 is 33.3 Å². The lowest BCUT2D eigenvalue weighted by Gasteiger charge is -2.26. The van der Waals surface area contributed by atoms with Gasteiger partial charge in [-0.3, -0.25) is 18.9 Å². The predicted molar refractivity (Wildman–Crippen MR) is 143 cm³/mol. The Balaban J connectivity index is 1.63. The standard InChI is InChI=1S/C29H33NO6S/c1-21(2)8-7-13-27(32)28(37(34,35)36)18-16-25(31)17-19-29(33)30-20-24-11-4-3-9-22(24)14-15-23-10-5-6-12-26(23)30/h3-6,9-12,21,28H,7-8,13,16-20H2,1-2H3,(H,34,35,36). The summed E-state index contributed by atoms with van der Waals surface area (Å²) < 4.78 is 33.1. The molecule has 0 saturated carbocycles. The molecule has 2 aromatic carbocycles. The van der Waals surface area contributed by atoms with Crippen molar-refractivity contribution in [2.24, 2.45) is 5.92 Å². The number of carbonyl (C=O) groups excluding carboxylic acids is 3. The van der Waals surface area contributed by atoms with Crippen molar-refractivity contribution < 1.29 is 27.4 Å². The summed E-state index contributed by atoms with van der Waals surface area (Å²) in [7, 11) is -4.62. The smallest absolute Gasteiger partial charge is 0.274 e. The number of carbonyl (C=O) groups is 3. The Kier molecular flexibility index (Phi) is 9.79. The van der Waals surface area contributed by atoms with Crippen molar-refractivity contribution in [2.75, 3.05) is 4.90 Å². The first-order chi connectivity index (χ1) is 17.6. The molecule has 1 atom stereocenters. The number of nitrogens with zero attached hydrogens (tertiary/aromatic N) is 1. The summed E-state index contributed by atoms with van der Waals surface area (Å²) in [6.07, 6.45) is 0.664. The van der Waals surface area contributed by atoms with Gasteiger partial charge >= 0.3 is 0 Å². The minimum Gasteiger partial charge on any atom is -0.307 e. The first kappa shape index (κ1) is 28.3. The summed E-state index contributed by atoms with van der Waals surface area (Å²) in [5, 5.41) is -1.62. The summed E-state index contributed by atoms with van der Waals surface area (Å²) in [6.45, 7) is 4.32. The fourth-order valence-corrected chi connectivity index (χ4v) is 5.19. The van der Waals surface area contributed by atoms with Crippen LogP contribution in [0.2, 0.25) is 0 Å². The van der Waals surface area contributed by atoms with Gasteiger partial charge in [-0.1, -0.05) is 62.4 Å². The van der Waals surface area contributed by atoms with Crippen molar-refractivity contribution in [1.82, 2.24) is 0 Å². The van der Waals surface area contributed by atoms with Crippen LogP contribution in [0.4, 0.5) is 5.69 Å². The van der Waals surface area contributed by atoms with Crippen LogP contribution in [0.3, 0.4) is 0 Å². The van der Waals surface area contributed by atoms with Crippen LogP contribution in [0.1, 0.15) is 75.5 Å². The Bertz CT molecular complexity index is 1320. The van der Waals surface area contributed by atoms with Crippen LogP contribution in [0, 0.1) is 17.8 Å². The van der Waals surface area contributed by atoms with Gasteiger partial charge < -0.3 is 4.90 Å². The van der Waals surface area contributed by atoms with Crippen LogP contribution in [0.5, 0.6) is 0 Å². The largest absolute Gasteiger partial charge is 0.307 e. The van der Waals surface area contributed by atoms with E-state index in [1.54, 1.807) is 4.90 Å². The van der Waals surface area contributed by atoms with Crippen LogP contribution in [0.25, 0.3) is 0 Å². The molecule has 0 saturated heterocycles. The molecule has 0 aromatic heterocycles. The van der Waals surface area contributed by atoms with E-state index in [9.17, 15) is 27.4 Å². The minimum absolute atomic E-state index is 0.0358. The molecular weight excluding hydrogens is 490 g/mol. The highest BCUT2D eigenvalue weighted by Crippen LogP contribution is 2.26. The Morgan fingerprint density at radius 2 is 1.54 bits per heavy atom. The Hall–Kier alpha value is -3.28.